The molecule has 0 radical (unpaired) electrons. The van der Waals surface area contributed by atoms with Crippen molar-refractivity contribution in [3.8, 4) is 0 Å². The molecule has 2 fully saturated rings. The van der Waals surface area contributed by atoms with Crippen LogP contribution in [0, 0.1) is 0 Å². The van der Waals surface area contributed by atoms with E-state index in [4.69, 9.17) is 9.47 Å². The molecule has 2 aromatic carbocycles. The first kappa shape index (κ1) is 17.1. The minimum absolute atomic E-state index is 0.0688. The predicted molar refractivity (Wildman–Crippen MR) is 100.0 cm³/mol. The molecular formula is C21H24N2O3. The Hall–Kier alpha value is -2.37. The summed E-state index contributed by atoms with van der Waals surface area (Å²) in [5, 5.41) is 0. The minimum Gasteiger partial charge on any atom is -0.362 e. The van der Waals surface area contributed by atoms with Crippen LogP contribution in [0.5, 0.6) is 0 Å². The molecule has 0 aliphatic carbocycles. The van der Waals surface area contributed by atoms with Gasteiger partial charge in [0.25, 0.3) is 0 Å². The first-order valence-electron chi connectivity index (χ1n) is 8.98. The van der Waals surface area contributed by atoms with Gasteiger partial charge in [0.2, 0.25) is 0 Å². The van der Waals surface area contributed by atoms with Crippen molar-refractivity contribution in [2.75, 3.05) is 18.6 Å². The van der Waals surface area contributed by atoms with Crippen molar-refractivity contribution >= 4 is 11.7 Å². The molecule has 4 rings (SSSR count). The summed E-state index contributed by atoms with van der Waals surface area (Å²) in [5.41, 5.74) is 1.46. The largest absolute Gasteiger partial charge is 0.362 e. The van der Waals surface area contributed by atoms with Gasteiger partial charge >= 0.3 is 6.03 Å². The highest BCUT2D eigenvalue weighted by atomic mass is 16.6. The van der Waals surface area contributed by atoms with Crippen LogP contribution in [0.1, 0.15) is 25.5 Å². The normalized spacial score (nSPS) is 30.3. The van der Waals surface area contributed by atoms with Gasteiger partial charge in [-0.2, -0.15) is 0 Å². The summed E-state index contributed by atoms with van der Waals surface area (Å²) in [4.78, 5) is 17.0. The molecule has 2 aliphatic rings. The number of nitrogens with zero attached hydrogens (tertiary/aromatic N) is 2. The third-order valence-electron chi connectivity index (χ3n) is 5.51. The SMILES string of the molecule is C[C@@H]1O[C@]1(C)[C@@H]1OC[C@H](c2ccccc2)N1C(=O)N(C)c1ccccc1. The number of carbonyl (C=O) groups excluding carboxylic acids is 1. The summed E-state index contributed by atoms with van der Waals surface area (Å²) < 4.78 is 11.9. The number of benzene rings is 2. The lowest BCUT2D eigenvalue weighted by Gasteiger charge is -2.34. The summed E-state index contributed by atoms with van der Waals surface area (Å²) in [7, 11) is 1.80. The van der Waals surface area contributed by atoms with Crippen molar-refractivity contribution in [1.29, 1.82) is 0 Å². The Bertz CT molecular complexity index is 782. The van der Waals surface area contributed by atoms with Gasteiger partial charge in [0, 0.05) is 12.7 Å². The Morgan fingerprint density at radius 2 is 1.69 bits per heavy atom. The van der Waals surface area contributed by atoms with Crippen LogP contribution in [-0.4, -0.2) is 42.5 Å². The van der Waals surface area contributed by atoms with E-state index in [2.05, 4.69) is 0 Å². The van der Waals surface area contributed by atoms with Crippen LogP contribution in [0.3, 0.4) is 0 Å². The number of hydrogen-bond acceptors (Lipinski definition) is 3. The molecule has 2 aliphatic heterocycles. The number of urea groups is 1. The monoisotopic (exact) mass is 352 g/mol. The average Bonchev–Trinajstić information content (AvgIpc) is 3.10. The Balaban J connectivity index is 1.68. The first-order chi connectivity index (χ1) is 12.5. The zero-order valence-corrected chi connectivity index (χ0v) is 15.3. The number of amides is 2. The zero-order chi connectivity index (χ0) is 18.3. The molecule has 0 spiro atoms. The Labute approximate surface area is 154 Å². The summed E-state index contributed by atoms with van der Waals surface area (Å²) in [6.45, 7) is 4.50. The summed E-state index contributed by atoms with van der Waals surface area (Å²) in [6, 6.07) is 19.5. The maximum absolute atomic E-state index is 13.4. The van der Waals surface area contributed by atoms with Crippen LogP contribution < -0.4 is 4.90 Å². The van der Waals surface area contributed by atoms with Crippen molar-refractivity contribution < 1.29 is 14.3 Å². The second kappa shape index (κ2) is 6.41. The average molecular weight is 352 g/mol. The van der Waals surface area contributed by atoms with Gasteiger partial charge in [-0.1, -0.05) is 48.5 Å². The van der Waals surface area contributed by atoms with E-state index in [0.29, 0.717) is 6.61 Å². The van der Waals surface area contributed by atoms with Gasteiger partial charge in [-0.05, 0) is 31.5 Å². The lowest BCUT2D eigenvalue weighted by Crippen LogP contribution is -2.50. The van der Waals surface area contributed by atoms with E-state index in [1.807, 2.05) is 79.4 Å². The Morgan fingerprint density at radius 3 is 2.27 bits per heavy atom. The highest BCUT2D eigenvalue weighted by Crippen LogP contribution is 2.47. The van der Waals surface area contributed by atoms with E-state index >= 15 is 0 Å². The fraction of sp³-hybridized carbons (Fsp3) is 0.381. The van der Waals surface area contributed by atoms with Crippen LogP contribution >= 0.6 is 0 Å². The fourth-order valence-electron chi connectivity index (χ4n) is 3.65. The van der Waals surface area contributed by atoms with Gasteiger partial charge in [0.15, 0.2) is 6.23 Å². The second-order valence-electron chi connectivity index (χ2n) is 7.14. The lowest BCUT2D eigenvalue weighted by atomic mass is 10.0. The van der Waals surface area contributed by atoms with Crippen molar-refractivity contribution in [2.24, 2.45) is 0 Å². The standard InChI is InChI=1S/C21H24N2O3/c1-15-21(2,26-15)19-23(18(14-25-19)16-10-6-4-7-11-16)20(24)22(3)17-12-8-5-9-13-17/h4-13,15,18-19H,14H2,1-3H3/t15-,18+,19-,21-/m0/s1. The summed E-state index contributed by atoms with van der Waals surface area (Å²) in [5.74, 6) is 0. The maximum atomic E-state index is 13.4. The van der Waals surface area contributed by atoms with Gasteiger partial charge in [-0.25, -0.2) is 4.79 Å². The molecule has 0 unspecified atom stereocenters. The van der Waals surface area contributed by atoms with E-state index in [1.165, 1.54) is 0 Å². The number of carbonyl (C=O) groups is 1. The fourth-order valence-corrected chi connectivity index (χ4v) is 3.65. The first-order valence-corrected chi connectivity index (χ1v) is 8.98. The molecule has 5 nitrogen and oxygen atoms in total. The van der Waals surface area contributed by atoms with Gasteiger partial charge < -0.3 is 9.47 Å². The highest BCUT2D eigenvalue weighted by molar-refractivity contribution is 5.92. The smallest absolute Gasteiger partial charge is 0.326 e. The van der Waals surface area contributed by atoms with E-state index in [9.17, 15) is 4.79 Å². The topological polar surface area (TPSA) is 45.3 Å². The molecule has 2 saturated heterocycles. The molecule has 2 heterocycles. The van der Waals surface area contributed by atoms with Gasteiger partial charge in [0.1, 0.15) is 5.60 Å². The van der Waals surface area contributed by atoms with E-state index < -0.39 is 11.8 Å². The minimum atomic E-state index is -0.462. The molecular weight excluding hydrogens is 328 g/mol. The van der Waals surface area contributed by atoms with Crippen LogP contribution in [0.4, 0.5) is 10.5 Å². The van der Waals surface area contributed by atoms with Gasteiger partial charge in [-0.15, -0.1) is 0 Å². The third kappa shape index (κ3) is 2.77. The molecule has 26 heavy (non-hydrogen) atoms. The number of para-hydroxylation sites is 1. The molecule has 4 atom stereocenters. The van der Waals surface area contributed by atoms with Crippen molar-refractivity contribution in [3.63, 3.8) is 0 Å². The van der Waals surface area contributed by atoms with Crippen molar-refractivity contribution in [2.45, 2.75) is 37.8 Å². The Kier molecular flexibility index (Phi) is 4.21. The third-order valence-corrected chi connectivity index (χ3v) is 5.51. The molecule has 2 aromatic rings. The van der Waals surface area contributed by atoms with E-state index in [1.54, 1.807) is 11.9 Å². The second-order valence-corrected chi connectivity index (χ2v) is 7.14. The maximum Gasteiger partial charge on any atom is 0.326 e. The summed E-state index contributed by atoms with van der Waals surface area (Å²) in [6.07, 6.45) is -0.333. The van der Waals surface area contributed by atoms with Gasteiger partial charge in [-0.3, -0.25) is 9.80 Å². The molecule has 136 valence electrons. The number of hydrogen-bond donors (Lipinski definition) is 0. The van der Waals surface area contributed by atoms with Crippen LogP contribution in [0.15, 0.2) is 60.7 Å². The Morgan fingerprint density at radius 1 is 1.12 bits per heavy atom. The lowest BCUT2D eigenvalue weighted by molar-refractivity contribution is -0.00761. The molecule has 0 aromatic heterocycles. The molecule has 5 heteroatoms. The van der Waals surface area contributed by atoms with Crippen LogP contribution in [-0.2, 0) is 9.47 Å². The zero-order valence-electron chi connectivity index (χ0n) is 15.3. The van der Waals surface area contributed by atoms with Crippen LogP contribution in [0.25, 0.3) is 0 Å². The molecule has 0 saturated carbocycles. The quantitative estimate of drug-likeness (QED) is 0.789. The van der Waals surface area contributed by atoms with Crippen molar-refractivity contribution in [3.05, 3.63) is 66.2 Å². The van der Waals surface area contributed by atoms with E-state index in [-0.39, 0.29) is 18.2 Å². The van der Waals surface area contributed by atoms with Crippen molar-refractivity contribution in [1.82, 2.24) is 4.90 Å². The van der Waals surface area contributed by atoms with E-state index in [0.717, 1.165) is 11.3 Å². The molecule has 0 bridgehead atoms. The highest BCUT2D eigenvalue weighted by Gasteiger charge is 2.62. The van der Waals surface area contributed by atoms with Gasteiger partial charge in [0.05, 0.1) is 18.8 Å². The predicted octanol–water partition coefficient (Wildman–Crippen LogP) is 3.82. The summed E-state index contributed by atoms with van der Waals surface area (Å²) >= 11 is 0. The molecule has 2 amide bonds. The van der Waals surface area contributed by atoms with Crippen LogP contribution in [0.2, 0.25) is 0 Å². The number of ether oxygens (including phenoxy) is 2. The number of epoxide rings is 1. The number of rotatable bonds is 3. The number of anilines is 1. The molecule has 0 N–H and O–H groups in total.